The minimum absolute atomic E-state index is 0.0967. The highest BCUT2D eigenvalue weighted by molar-refractivity contribution is 9.10. The standard InChI is InChI=1S/C25H21BrN2O4/c1-30-18-8-3-15(4-9-18)21-14-22-20-13-17(26)7-12-23(20)32-25(28(22)27-21)24(29)16-5-10-19(31-2)11-6-16/h3-13,22,25H,14H2,1-2H3/t22-,25+/m0/s1. The number of ether oxygens (including phenoxy) is 3. The summed E-state index contributed by atoms with van der Waals surface area (Å²) >= 11 is 3.55. The van der Waals surface area contributed by atoms with Gasteiger partial charge in [0.05, 0.1) is 26.0 Å². The molecule has 2 atom stereocenters. The normalized spacial score (nSPS) is 18.8. The van der Waals surface area contributed by atoms with E-state index in [1.807, 2.05) is 42.5 Å². The molecule has 7 heteroatoms. The van der Waals surface area contributed by atoms with Crippen molar-refractivity contribution in [3.8, 4) is 17.2 Å². The van der Waals surface area contributed by atoms with Crippen LogP contribution in [0.25, 0.3) is 0 Å². The number of halogens is 1. The Kier molecular flexibility index (Phi) is 5.35. The van der Waals surface area contributed by atoms with Crippen LogP contribution in [0.15, 0.2) is 76.3 Å². The Bertz CT molecular complexity index is 1190. The smallest absolute Gasteiger partial charge is 0.251 e. The monoisotopic (exact) mass is 492 g/mol. The number of carbonyl (C=O) groups is 1. The van der Waals surface area contributed by atoms with E-state index in [0.717, 1.165) is 27.1 Å². The molecule has 6 nitrogen and oxygen atoms in total. The molecule has 0 radical (unpaired) electrons. The molecular formula is C25H21BrN2O4. The number of hydrazone groups is 1. The Morgan fingerprint density at radius 2 is 1.66 bits per heavy atom. The van der Waals surface area contributed by atoms with E-state index in [0.29, 0.717) is 23.5 Å². The molecule has 32 heavy (non-hydrogen) atoms. The number of hydrogen-bond acceptors (Lipinski definition) is 6. The zero-order chi connectivity index (χ0) is 22.2. The van der Waals surface area contributed by atoms with Crippen molar-refractivity contribution >= 4 is 27.4 Å². The SMILES string of the molecule is COc1ccc(C(=O)[C@H]2Oc3ccc(Br)cc3[C@@H]3CC(c4ccc(OC)cc4)=NN23)cc1. The lowest BCUT2D eigenvalue weighted by Crippen LogP contribution is -2.45. The Balaban J connectivity index is 1.53. The summed E-state index contributed by atoms with van der Waals surface area (Å²) in [6.45, 7) is 0. The Hall–Kier alpha value is -3.32. The number of fused-ring (bicyclic) bond motifs is 3. The van der Waals surface area contributed by atoms with Gasteiger partial charge in [0.25, 0.3) is 6.23 Å². The van der Waals surface area contributed by atoms with Crippen molar-refractivity contribution in [3.63, 3.8) is 0 Å². The number of methoxy groups -OCH3 is 2. The highest BCUT2D eigenvalue weighted by Crippen LogP contribution is 2.44. The van der Waals surface area contributed by atoms with Crippen LogP contribution in [0.2, 0.25) is 0 Å². The molecule has 2 heterocycles. The fraction of sp³-hybridized carbons (Fsp3) is 0.200. The fourth-order valence-corrected chi connectivity index (χ4v) is 4.47. The summed E-state index contributed by atoms with van der Waals surface area (Å²) in [5, 5.41) is 6.64. The van der Waals surface area contributed by atoms with Crippen molar-refractivity contribution in [1.82, 2.24) is 5.01 Å². The summed E-state index contributed by atoms with van der Waals surface area (Å²) in [4.78, 5) is 13.4. The van der Waals surface area contributed by atoms with Gasteiger partial charge in [-0.2, -0.15) is 5.10 Å². The number of Topliss-reactive ketones (excluding diaryl/α,β-unsaturated/α-hetero) is 1. The molecule has 5 rings (SSSR count). The molecular weight excluding hydrogens is 472 g/mol. The first kappa shape index (κ1) is 20.6. The average molecular weight is 493 g/mol. The van der Waals surface area contributed by atoms with Crippen molar-refractivity contribution in [3.05, 3.63) is 87.9 Å². The minimum Gasteiger partial charge on any atom is -0.497 e. The average Bonchev–Trinajstić information content (AvgIpc) is 3.29. The number of benzene rings is 3. The van der Waals surface area contributed by atoms with E-state index in [-0.39, 0.29) is 11.8 Å². The van der Waals surface area contributed by atoms with Crippen LogP contribution in [0.3, 0.4) is 0 Å². The molecule has 2 aliphatic rings. The minimum atomic E-state index is -0.849. The number of ketones is 1. The molecule has 0 saturated carbocycles. The molecule has 162 valence electrons. The predicted octanol–water partition coefficient (Wildman–Crippen LogP) is 5.22. The molecule has 0 spiro atoms. The third-order valence-electron chi connectivity index (χ3n) is 5.77. The molecule has 3 aromatic rings. The maximum atomic E-state index is 13.4. The maximum absolute atomic E-state index is 13.4. The predicted molar refractivity (Wildman–Crippen MR) is 125 cm³/mol. The zero-order valence-electron chi connectivity index (χ0n) is 17.6. The lowest BCUT2D eigenvalue weighted by Gasteiger charge is -2.37. The van der Waals surface area contributed by atoms with Gasteiger partial charge in [-0.25, -0.2) is 5.01 Å². The molecule has 0 bridgehead atoms. The number of hydrogen-bond donors (Lipinski definition) is 0. The summed E-state index contributed by atoms with van der Waals surface area (Å²) < 4.78 is 17.6. The summed E-state index contributed by atoms with van der Waals surface area (Å²) in [5.74, 6) is 2.04. The number of rotatable bonds is 5. The van der Waals surface area contributed by atoms with E-state index in [2.05, 4.69) is 15.9 Å². The second-order valence-electron chi connectivity index (χ2n) is 7.62. The van der Waals surface area contributed by atoms with Crippen LogP contribution >= 0.6 is 15.9 Å². The van der Waals surface area contributed by atoms with Gasteiger partial charge in [0.1, 0.15) is 17.2 Å². The van der Waals surface area contributed by atoms with Crippen LogP contribution < -0.4 is 14.2 Å². The van der Waals surface area contributed by atoms with Crippen LogP contribution in [0, 0.1) is 0 Å². The number of nitrogens with zero attached hydrogens (tertiary/aromatic N) is 2. The third kappa shape index (κ3) is 3.62. The topological polar surface area (TPSA) is 60.4 Å². The zero-order valence-corrected chi connectivity index (χ0v) is 19.2. The van der Waals surface area contributed by atoms with Crippen LogP contribution in [-0.2, 0) is 0 Å². The summed E-state index contributed by atoms with van der Waals surface area (Å²) in [6.07, 6.45) is -0.177. The number of carbonyl (C=O) groups excluding carboxylic acids is 1. The molecule has 0 aliphatic carbocycles. The van der Waals surface area contributed by atoms with Gasteiger partial charge in [0.15, 0.2) is 0 Å². The van der Waals surface area contributed by atoms with Crippen molar-refractivity contribution < 1.29 is 19.0 Å². The van der Waals surface area contributed by atoms with Gasteiger partial charge in [0.2, 0.25) is 5.78 Å². The van der Waals surface area contributed by atoms with Crippen molar-refractivity contribution in [1.29, 1.82) is 0 Å². The van der Waals surface area contributed by atoms with Gasteiger partial charge in [0, 0.05) is 22.0 Å². The quantitative estimate of drug-likeness (QED) is 0.457. The van der Waals surface area contributed by atoms with Crippen molar-refractivity contribution in [2.24, 2.45) is 5.10 Å². The van der Waals surface area contributed by atoms with Crippen molar-refractivity contribution in [2.45, 2.75) is 18.7 Å². The Labute approximate surface area is 194 Å². The largest absolute Gasteiger partial charge is 0.497 e. The van der Waals surface area contributed by atoms with Gasteiger partial charge < -0.3 is 14.2 Å². The van der Waals surface area contributed by atoms with E-state index in [4.69, 9.17) is 19.3 Å². The molecule has 0 amide bonds. The van der Waals surface area contributed by atoms with E-state index >= 15 is 0 Å². The van der Waals surface area contributed by atoms with Gasteiger partial charge in [-0.1, -0.05) is 15.9 Å². The first-order valence-corrected chi connectivity index (χ1v) is 11.0. The fourth-order valence-electron chi connectivity index (χ4n) is 4.09. The van der Waals surface area contributed by atoms with Gasteiger partial charge in [-0.3, -0.25) is 4.79 Å². The maximum Gasteiger partial charge on any atom is 0.251 e. The van der Waals surface area contributed by atoms with Crippen molar-refractivity contribution in [2.75, 3.05) is 14.2 Å². The van der Waals surface area contributed by atoms with E-state index in [1.54, 1.807) is 43.5 Å². The summed E-state index contributed by atoms with van der Waals surface area (Å²) in [6, 6.07) is 20.6. The molecule has 0 aromatic heterocycles. The van der Waals surface area contributed by atoms with E-state index < -0.39 is 6.23 Å². The van der Waals surface area contributed by atoms with Crippen LogP contribution in [0.1, 0.15) is 33.9 Å². The van der Waals surface area contributed by atoms with E-state index in [1.165, 1.54) is 0 Å². The molecule has 0 fully saturated rings. The van der Waals surface area contributed by atoms with Crippen LogP contribution in [-0.4, -0.2) is 37.0 Å². The van der Waals surface area contributed by atoms with E-state index in [9.17, 15) is 4.79 Å². The summed E-state index contributed by atoms with van der Waals surface area (Å²) in [5.41, 5.74) is 3.45. The molecule has 2 aliphatic heterocycles. The first-order chi connectivity index (χ1) is 15.6. The van der Waals surface area contributed by atoms with Crippen LogP contribution in [0.4, 0.5) is 0 Å². The van der Waals surface area contributed by atoms with Gasteiger partial charge in [-0.15, -0.1) is 0 Å². The lowest BCUT2D eigenvalue weighted by molar-refractivity contribution is -0.00459. The highest BCUT2D eigenvalue weighted by Gasteiger charge is 2.43. The second-order valence-corrected chi connectivity index (χ2v) is 8.54. The lowest BCUT2D eigenvalue weighted by atomic mass is 9.95. The van der Waals surface area contributed by atoms with Crippen LogP contribution in [0.5, 0.6) is 17.2 Å². The first-order valence-electron chi connectivity index (χ1n) is 10.2. The van der Waals surface area contributed by atoms with Gasteiger partial charge >= 0.3 is 0 Å². The summed E-state index contributed by atoms with van der Waals surface area (Å²) in [7, 11) is 3.24. The molecule has 0 N–H and O–H groups in total. The molecule has 0 unspecified atom stereocenters. The second kappa shape index (κ2) is 8.31. The van der Waals surface area contributed by atoms with Gasteiger partial charge in [-0.05, 0) is 72.3 Å². The Morgan fingerprint density at radius 1 is 1.00 bits per heavy atom. The molecule has 3 aromatic carbocycles. The highest BCUT2D eigenvalue weighted by atomic mass is 79.9. The Morgan fingerprint density at radius 3 is 2.31 bits per heavy atom. The third-order valence-corrected chi connectivity index (χ3v) is 6.27. The molecule has 0 saturated heterocycles.